The molecule has 15 rings (SSSR count). The van der Waals surface area contributed by atoms with Crippen LogP contribution in [0.25, 0.3) is 21.5 Å². The van der Waals surface area contributed by atoms with Gasteiger partial charge in [-0.3, -0.25) is 38.4 Å². The zero-order valence-corrected chi connectivity index (χ0v) is 64.2. The Balaban J connectivity index is 0.876. The van der Waals surface area contributed by atoms with E-state index in [1.165, 1.54) is 9.80 Å². The second-order valence-corrected chi connectivity index (χ2v) is 31.2. The zero-order valence-electron chi connectivity index (χ0n) is 64.2. The number of H-pyrrole nitrogens is 1. The number of carboxylic acids is 1. The van der Waals surface area contributed by atoms with Crippen LogP contribution in [0.4, 0.5) is 0 Å². The van der Waals surface area contributed by atoms with Crippen molar-refractivity contribution in [1.82, 2.24) is 103 Å². The lowest BCUT2D eigenvalue weighted by atomic mass is 9.85. The van der Waals surface area contributed by atoms with E-state index < -0.39 is 137 Å². The molecule has 12 bridgehead atoms. The molecule has 0 unspecified atom stereocenters. The van der Waals surface area contributed by atoms with Gasteiger partial charge in [-0.1, -0.05) is 161 Å². The minimum Gasteiger partial charge on any atom is -0.487 e. The molecule has 12 atom stereocenters. The standard InChI is InChI=1S/C80H96N20O12/c1-45(81-9)70(101)87-67(79(3,4)5)76(107)97-41-57-37-65(97)74(105)84-62(35-49-19-25-51-15-11-13-17-53(51)31-49)72(103)83-61(69-91-93-94-92-69)33-47-21-27-59(28-22-47)111-43-55-39-100(95-89-55)58-38-66(98(42-58)77(108)68(80(6,7)8)88-71(102)46(2)82-10)75(106)85-63(36-50-20-26-52-16-12-14-18-54(52)32-50)73(104)86-64(78(109)110)34-48-23-29-60(30-24-48)112-44-56-40-99(57)96-90-56/h11-32,39-40,45-46,57-58,61-68,81-82H,33-38,41-44H2,1-10H3,(H,83,103)(H,84,105)(H,85,106)(H,86,104)(H,87,101)(H,88,102)(H,109,110)(H,91,92,93,94)/t45-,46-,57-,58-,61-,62-,63-,64-,65-,66-,67+,68+/m0/s1. The van der Waals surface area contributed by atoms with E-state index >= 15 is 24.0 Å². The van der Waals surface area contributed by atoms with E-state index in [0.717, 1.165) is 32.7 Å². The highest BCUT2D eigenvalue weighted by atomic mass is 16.5. The highest BCUT2D eigenvalue weighted by Crippen LogP contribution is 2.35. The molecule has 6 aromatic carbocycles. The quantitative estimate of drug-likeness (QED) is 0.0733. The first-order valence-electron chi connectivity index (χ1n) is 37.5. The number of likely N-dealkylation sites (N-methyl/N-ethyl adjacent to an activating group) is 2. The normalized spacial score (nSPS) is 21.5. The zero-order chi connectivity index (χ0) is 79.7. The van der Waals surface area contributed by atoms with Crippen LogP contribution in [0.15, 0.2) is 146 Å². The first kappa shape index (κ1) is 79.5. The molecule has 6 aliphatic heterocycles. The third-order valence-electron chi connectivity index (χ3n) is 20.9. The van der Waals surface area contributed by atoms with Gasteiger partial charge in [-0.2, -0.15) is 0 Å². The number of aromatic nitrogens is 10. The van der Waals surface area contributed by atoms with Crippen molar-refractivity contribution in [3.05, 3.63) is 185 Å². The molecule has 32 heteroatoms. The number of carbonyl (C=O) groups excluding carboxylic acids is 8. The Morgan fingerprint density at radius 3 is 1.38 bits per heavy atom. The summed E-state index contributed by atoms with van der Waals surface area (Å²) in [5.74, 6) is -5.10. The average molecular weight is 1530 g/mol. The van der Waals surface area contributed by atoms with Crippen LogP contribution in [0.2, 0.25) is 0 Å². The third-order valence-corrected chi connectivity index (χ3v) is 20.9. The van der Waals surface area contributed by atoms with E-state index in [1.54, 1.807) is 119 Å². The lowest BCUT2D eigenvalue weighted by molar-refractivity contribution is -0.145. The Labute approximate surface area is 647 Å². The molecule has 9 aromatic rings. The lowest BCUT2D eigenvalue weighted by Crippen LogP contribution is -2.60. The van der Waals surface area contributed by atoms with Crippen molar-refractivity contribution in [2.24, 2.45) is 10.8 Å². The van der Waals surface area contributed by atoms with Crippen LogP contribution >= 0.6 is 0 Å². The molecular formula is C80H96N20O12. The summed E-state index contributed by atoms with van der Waals surface area (Å²) < 4.78 is 15.6. The summed E-state index contributed by atoms with van der Waals surface area (Å²) in [6.45, 7) is 13.9. The van der Waals surface area contributed by atoms with Gasteiger partial charge < -0.3 is 66.9 Å². The van der Waals surface area contributed by atoms with Crippen LogP contribution in [0.3, 0.4) is 0 Å². The summed E-state index contributed by atoms with van der Waals surface area (Å²) in [5, 5.41) is 70.5. The maximum Gasteiger partial charge on any atom is 0.326 e. The van der Waals surface area contributed by atoms with Crippen molar-refractivity contribution in [3.63, 3.8) is 0 Å². The number of likely N-dealkylation sites (tertiary alicyclic amines) is 2. The monoisotopic (exact) mass is 1530 g/mol. The molecule has 3 aromatic heterocycles. The molecule has 10 N–H and O–H groups in total. The fraction of sp³-hybridized carbons (Fsp3) is 0.425. The van der Waals surface area contributed by atoms with Gasteiger partial charge in [-0.15, -0.1) is 15.3 Å². The van der Waals surface area contributed by atoms with Crippen molar-refractivity contribution < 1.29 is 57.7 Å². The molecule has 0 radical (unpaired) electrons. The molecule has 32 nitrogen and oxygen atoms in total. The smallest absolute Gasteiger partial charge is 0.326 e. The maximum absolute atomic E-state index is 15.5. The van der Waals surface area contributed by atoms with Gasteiger partial charge in [0.25, 0.3) is 0 Å². The predicted molar refractivity (Wildman–Crippen MR) is 411 cm³/mol. The Morgan fingerprint density at radius 1 is 0.536 bits per heavy atom. The Morgan fingerprint density at radius 2 is 0.964 bits per heavy atom. The number of carboxylic acid groups (broad SMARTS) is 1. The van der Waals surface area contributed by atoms with E-state index in [0.29, 0.717) is 34.0 Å². The number of benzene rings is 6. The molecule has 0 spiro atoms. The third kappa shape index (κ3) is 19.2. The van der Waals surface area contributed by atoms with E-state index in [4.69, 9.17) is 9.47 Å². The molecule has 2 fully saturated rings. The first-order chi connectivity index (χ1) is 53.5. The minimum absolute atomic E-state index is 0.00674. The predicted octanol–water partition coefficient (Wildman–Crippen LogP) is 4.09. The van der Waals surface area contributed by atoms with Gasteiger partial charge in [-0.25, -0.2) is 19.3 Å². The molecule has 112 heavy (non-hydrogen) atoms. The molecular weight excluding hydrogens is 1430 g/mol. The average Bonchev–Trinajstić information content (AvgIpc) is 1.64. The number of nitrogens with zero attached hydrogens (tertiary/aromatic N) is 11. The number of nitrogens with one attached hydrogen (secondary N) is 9. The number of carbonyl (C=O) groups is 9. The lowest BCUT2D eigenvalue weighted by Gasteiger charge is -2.36. The number of aromatic amines is 1. The maximum atomic E-state index is 15.5. The van der Waals surface area contributed by atoms with Gasteiger partial charge in [0.2, 0.25) is 47.3 Å². The summed E-state index contributed by atoms with van der Waals surface area (Å²) >= 11 is 0. The largest absolute Gasteiger partial charge is 0.487 e. The van der Waals surface area contributed by atoms with E-state index in [2.05, 4.69) is 83.8 Å². The van der Waals surface area contributed by atoms with Crippen molar-refractivity contribution >= 4 is 74.8 Å². The van der Waals surface area contributed by atoms with E-state index in [-0.39, 0.29) is 70.7 Å². The van der Waals surface area contributed by atoms with Gasteiger partial charge in [0.05, 0.1) is 42.6 Å². The van der Waals surface area contributed by atoms with Crippen LogP contribution < -0.4 is 52.0 Å². The van der Waals surface area contributed by atoms with E-state index in [9.17, 15) is 24.3 Å². The number of ether oxygens (including phenoxy) is 2. The van der Waals surface area contributed by atoms with Gasteiger partial charge in [0.15, 0.2) is 5.82 Å². The van der Waals surface area contributed by atoms with Gasteiger partial charge in [0.1, 0.15) is 78.4 Å². The van der Waals surface area contributed by atoms with Gasteiger partial charge in [0, 0.05) is 51.6 Å². The summed E-state index contributed by atoms with van der Waals surface area (Å²) in [5.41, 5.74) is 1.61. The molecule has 588 valence electrons. The summed E-state index contributed by atoms with van der Waals surface area (Å²) in [6, 6.07) is 27.9. The van der Waals surface area contributed by atoms with Crippen molar-refractivity contribution in [1.29, 1.82) is 0 Å². The molecule has 0 aliphatic carbocycles. The first-order valence-corrected chi connectivity index (χ1v) is 37.5. The molecule has 9 heterocycles. The number of hydrogen-bond donors (Lipinski definition) is 10. The summed E-state index contributed by atoms with van der Waals surface area (Å²) in [6.07, 6.45) is 3.15. The van der Waals surface area contributed by atoms with Crippen LogP contribution in [0.1, 0.15) is 126 Å². The molecule has 8 amide bonds. The number of aliphatic carboxylic acids is 1. The van der Waals surface area contributed by atoms with Gasteiger partial charge in [-0.05, 0) is 117 Å². The topological polar surface area (TPSA) is 411 Å². The van der Waals surface area contributed by atoms with Crippen molar-refractivity contribution in [3.8, 4) is 11.5 Å². The van der Waals surface area contributed by atoms with Crippen LogP contribution in [-0.4, -0.2) is 200 Å². The summed E-state index contributed by atoms with van der Waals surface area (Å²) in [4.78, 5) is 135. The molecule has 0 saturated carbocycles. The fourth-order valence-corrected chi connectivity index (χ4v) is 14.2. The molecule has 6 aliphatic rings. The Hall–Kier alpha value is -12.1. The second kappa shape index (κ2) is 34.5. The Bertz CT molecular complexity index is 4880. The SMILES string of the molecule is CN[C@@H](C)C(=O)N[C@H](C(=O)N1C[C@@H]2C[C@H]1C(=O)N[C@@H](Cc1ccc3ccccc3c1)C(=O)N[C@H](C(=O)O)Cc1ccc(cc1)OCc1cn(nn1)[C@H]1C[C@@H](C(=O)N[C@@H](Cc3ccc4ccccc4c3)C(=O)N[C@H](c3nnn[nH]3)Cc3ccc(cc3)OCc3cn2nn3)N(C(=O)[C@@H](NC(=O)[C@H](C)NC)C(C)(C)C)C1)C(C)(C)C. The van der Waals surface area contributed by atoms with Crippen LogP contribution in [-0.2, 0) is 82.0 Å². The number of amides is 8. The van der Waals surface area contributed by atoms with Crippen molar-refractivity contribution in [2.45, 2.75) is 180 Å². The fourth-order valence-electron chi connectivity index (χ4n) is 14.2. The van der Waals surface area contributed by atoms with Crippen LogP contribution in [0.5, 0.6) is 11.5 Å². The van der Waals surface area contributed by atoms with Crippen molar-refractivity contribution in [2.75, 3.05) is 27.2 Å². The molecule has 2 saturated heterocycles. The number of fused-ring (bicyclic) bond motifs is 2. The second-order valence-electron chi connectivity index (χ2n) is 31.2. The summed E-state index contributed by atoms with van der Waals surface area (Å²) in [7, 11) is 3.25. The van der Waals surface area contributed by atoms with Crippen LogP contribution in [0, 0.1) is 10.8 Å². The number of rotatable bonds is 14. The highest BCUT2D eigenvalue weighted by molar-refractivity contribution is 5.98. The number of hydrogen-bond acceptors (Lipinski definition) is 20. The van der Waals surface area contributed by atoms with E-state index in [1.807, 2.05) is 106 Å². The van der Waals surface area contributed by atoms with Gasteiger partial charge >= 0.3 is 5.97 Å². The minimum atomic E-state index is -1.51. The number of tetrazole rings is 1. The Kier molecular flexibility index (Phi) is 24.5. The highest BCUT2D eigenvalue weighted by Gasteiger charge is 2.49.